The first-order valence-corrected chi connectivity index (χ1v) is 9.43. The van der Waals surface area contributed by atoms with Gasteiger partial charge in [0, 0.05) is 30.2 Å². The predicted octanol–water partition coefficient (Wildman–Crippen LogP) is 1.51. The van der Waals surface area contributed by atoms with Crippen LogP contribution in [0.15, 0.2) is 24.3 Å². The Balaban J connectivity index is 1.87. The van der Waals surface area contributed by atoms with E-state index in [2.05, 4.69) is 5.32 Å². The standard InChI is InChI=1S/C15H21ClN2O4S/c1-11-9-18(10-12(2)22-11)23(20,21)8-7-17-15(19)13-3-5-14(16)6-4-13/h3-6,11-12H,7-10H2,1-2H3,(H,17,19). The van der Waals surface area contributed by atoms with Gasteiger partial charge in [-0.25, -0.2) is 8.42 Å². The van der Waals surface area contributed by atoms with Gasteiger partial charge in [-0.3, -0.25) is 4.79 Å². The summed E-state index contributed by atoms with van der Waals surface area (Å²) in [5, 5.41) is 3.16. The summed E-state index contributed by atoms with van der Waals surface area (Å²) in [7, 11) is -3.42. The molecule has 2 rings (SSSR count). The molecule has 1 aliphatic rings. The molecule has 1 heterocycles. The fourth-order valence-electron chi connectivity index (χ4n) is 2.48. The molecule has 1 N–H and O–H groups in total. The molecule has 0 aromatic heterocycles. The lowest BCUT2D eigenvalue weighted by atomic mass is 10.2. The van der Waals surface area contributed by atoms with Gasteiger partial charge < -0.3 is 10.1 Å². The van der Waals surface area contributed by atoms with E-state index in [1.165, 1.54) is 4.31 Å². The molecule has 1 fully saturated rings. The highest BCUT2D eigenvalue weighted by molar-refractivity contribution is 7.89. The second-order valence-corrected chi connectivity index (χ2v) is 8.18. The van der Waals surface area contributed by atoms with Crippen molar-refractivity contribution in [1.29, 1.82) is 0 Å². The van der Waals surface area contributed by atoms with E-state index in [1.54, 1.807) is 24.3 Å². The first kappa shape index (κ1) is 18.2. The molecule has 128 valence electrons. The van der Waals surface area contributed by atoms with Crippen molar-refractivity contribution < 1.29 is 17.9 Å². The summed E-state index contributed by atoms with van der Waals surface area (Å²) in [4.78, 5) is 11.9. The van der Waals surface area contributed by atoms with Gasteiger partial charge in [-0.1, -0.05) is 11.6 Å². The van der Waals surface area contributed by atoms with Gasteiger partial charge in [0.1, 0.15) is 0 Å². The molecule has 0 aliphatic carbocycles. The zero-order valence-corrected chi connectivity index (χ0v) is 14.7. The topological polar surface area (TPSA) is 75.7 Å². The van der Waals surface area contributed by atoms with Crippen LogP contribution < -0.4 is 5.32 Å². The molecule has 1 aromatic rings. The minimum absolute atomic E-state index is 0.0594. The maximum Gasteiger partial charge on any atom is 0.251 e. The van der Waals surface area contributed by atoms with Gasteiger partial charge in [0.05, 0.1) is 18.0 Å². The maximum atomic E-state index is 12.3. The molecule has 0 bridgehead atoms. The molecule has 0 radical (unpaired) electrons. The Bertz CT molecular complexity index is 638. The molecule has 1 aliphatic heterocycles. The minimum atomic E-state index is -3.42. The van der Waals surface area contributed by atoms with Crippen molar-refractivity contribution in [2.45, 2.75) is 26.1 Å². The normalized spacial score (nSPS) is 22.7. The molecular formula is C15H21ClN2O4S. The van der Waals surface area contributed by atoms with Gasteiger partial charge >= 0.3 is 0 Å². The van der Waals surface area contributed by atoms with Crippen molar-refractivity contribution in [2.75, 3.05) is 25.4 Å². The number of rotatable bonds is 5. The Labute approximate surface area is 141 Å². The van der Waals surface area contributed by atoms with E-state index in [-0.39, 0.29) is 30.4 Å². The third-order valence-electron chi connectivity index (χ3n) is 3.53. The Morgan fingerprint density at radius 2 is 1.83 bits per heavy atom. The van der Waals surface area contributed by atoms with E-state index in [1.807, 2.05) is 13.8 Å². The summed E-state index contributed by atoms with van der Waals surface area (Å²) in [5.74, 6) is -0.452. The first-order valence-electron chi connectivity index (χ1n) is 7.45. The van der Waals surface area contributed by atoms with Gasteiger partial charge in [-0.15, -0.1) is 0 Å². The molecule has 0 spiro atoms. The summed E-state index contributed by atoms with van der Waals surface area (Å²) < 4.78 is 31.6. The van der Waals surface area contributed by atoms with E-state index in [0.29, 0.717) is 23.7 Å². The zero-order valence-electron chi connectivity index (χ0n) is 13.2. The van der Waals surface area contributed by atoms with Crippen LogP contribution in [0.25, 0.3) is 0 Å². The maximum absolute atomic E-state index is 12.3. The Morgan fingerprint density at radius 1 is 1.26 bits per heavy atom. The van der Waals surface area contributed by atoms with Crippen molar-refractivity contribution in [3.63, 3.8) is 0 Å². The summed E-state index contributed by atoms with van der Waals surface area (Å²) in [6.45, 7) is 4.44. The number of hydrogen-bond donors (Lipinski definition) is 1. The SMILES string of the molecule is CC1CN(S(=O)(=O)CCNC(=O)c2ccc(Cl)cc2)CC(C)O1. The van der Waals surface area contributed by atoms with E-state index in [4.69, 9.17) is 16.3 Å². The van der Waals surface area contributed by atoms with Crippen LogP contribution in [-0.4, -0.2) is 56.2 Å². The molecule has 0 saturated carbocycles. The van der Waals surface area contributed by atoms with Crippen molar-refractivity contribution in [3.8, 4) is 0 Å². The lowest BCUT2D eigenvalue weighted by molar-refractivity contribution is -0.0440. The highest BCUT2D eigenvalue weighted by atomic mass is 35.5. The van der Waals surface area contributed by atoms with Crippen molar-refractivity contribution in [3.05, 3.63) is 34.9 Å². The third-order valence-corrected chi connectivity index (χ3v) is 5.59. The smallest absolute Gasteiger partial charge is 0.251 e. The Kier molecular flexibility index (Phi) is 6.02. The van der Waals surface area contributed by atoms with E-state index >= 15 is 0 Å². The minimum Gasteiger partial charge on any atom is -0.373 e. The van der Waals surface area contributed by atoms with Crippen molar-refractivity contribution in [1.82, 2.24) is 9.62 Å². The number of ether oxygens (including phenoxy) is 1. The third kappa shape index (κ3) is 5.17. The first-order chi connectivity index (χ1) is 10.8. The summed E-state index contributed by atoms with van der Waals surface area (Å²) in [6, 6.07) is 6.42. The molecule has 23 heavy (non-hydrogen) atoms. The number of sulfonamides is 1. The van der Waals surface area contributed by atoms with Gasteiger partial charge in [-0.2, -0.15) is 4.31 Å². The monoisotopic (exact) mass is 360 g/mol. The number of nitrogens with one attached hydrogen (secondary N) is 1. The van der Waals surface area contributed by atoms with Gasteiger partial charge in [0.25, 0.3) is 5.91 Å². The van der Waals surface area contributed by atoms with E-state index in [9.17, 15) is 13.2 Å². The number of benzene rings is 1. The second kappa shape index (κ2) is 7.61. The van der Waals surface area contributed by atoms with Crippen molar-refractivity contribution in [2.24, 2.45) is 0 Å². The number of carbonyl (C=O) groups excluding carboxylic acids is 1. The molecule has 6 nitrogen and oxygen atoms in total. The van der Waals surface area contributed by atoms with Crippen LogP contribution in [0.3, 0.4) is 0 Å². The van der Waals surface area contributed by atoms with Gasteiger partial charge in [-0.05, 0) is 38.1 Å². The number of morpholine rings is 1. The van der Waals surface area contributed by atoms with E-state index in [0.717, 1.165) is 0 Å². The van der Waals surface area contributed by atoms with Gasteiger partial charge in [0.2, 0.25) is 10.0 Å². The zero-order chi connectivity index (χ0) is 17.0. The highest BCUT2D eigenvalue weighted by Crippen LogP contribution is 2.14. The van der Waals surface area contributed by atoms with Crippen LogP contribution in [0.1, 0.15) is 24.2 Å². The molecule has 2 atom stereocenters. The van der Waals surface area contributed by atoms with Crippen LogP contribution in [0, 0.1) is 0 Å². The van der Waals surface area contributed by atoms with E-state index < -0.39 is 10.0 Å². The Hall–Kier alpha value is -1.15. The average molecular weight is 361 g/mol. The highest BCUT2D eigenvalue weighted by Gasteiger charge is 2.30. The lowest BCUT2D eigenvalue weighted by Crippen LogP contribution is -2.49. The average Bonchev–Trinajstić information content (AvgIpc) is 2.46. The molecule has 8 heteroatoms. The number of nitrogens with zero attached hydrogens (tertiary/aromatic N) is 1. The number of amides is 1. The summed E-state index contributed by atoms with van der Waals surface area (Å²) >= 11 is 5.76. The van der Waals surface area contributed by atoms with Crippen LogP contribution >= 0.6 is 11.6 Å². The largest absolute Gasteiger partial charge is 0.373 e. The summed E-state index contributed by atoms with van der Waals surface area (Å²) in [6.07, 6.45) is -0.255. The van der Waals surface area contributed by atoms with Gasteiger partial charge in [0.15, 0.2) is 0 Å². The number of halogens is 1. The molecule has 1 saturated heterocycles. The molecule has 1 aromatic carbocycles. The second-order valence-electron chi connectivity index (χ2n) is 5.65. The molecule has 1 amide bonds. The van der Waals surface area contributed by atoms with Crippen LogP contribution in [0.4, 0.5) is 0 Å². The fraction of sp³-hybridized carbons (Fsp3) is 0.533. The quantitative estimate of drug-likeness (QED) is 0.863. The van der Waals surface area contributed by atoms with Crippen LogP contribution in [-0.2, 0) is 14.8 Å². The summed E-state index contributed by atoms with van der Waals surface area (Å²) in [5.41, 5.74) is 0.445. The lowest BCUT2D eigenvalue weighted by Gasteiger charge is -2.34. The predicted molar refractivity (Wildman–Crippen MR) is 89.2 cm³/mol. The molecular weight excluding hydrogens is 340 g/mol. The number of carbonyl (C=O) groups is 1. The van der Waals surface area contributed by atoms with Crippen molar-refractivity contribution >= 4 is 27.5 Å². The number of hydrogen-bond acceptors (Lipinski definition) is 4. The fourth-order valence-corrected chi connectivity index (χ4v) is 4.10. The van der Waals surface area contributed by atoms with Crippen LogP contribution in [0.2, 0.25) is 5.02 Å². The van der Waals surface area contributed by atoms with Crippen LogP contribution in [0.5, 0.6) is 0 Å². The Morgan fingerprint density at radius 3 is 2.39 bits per heavy atom. The molecule has 2 unspecified atom stereocenters.